The van der Waals surface area contributed by atoms with Crippen LogP contribution in [0.5, 0.6) is 11.5 Å². The second-order valence-electron chi connectivity index (χ2n) is 8.06. The number of carbonyl (C=O) groups is 4. The zero-order chi connectivity index (χ0) is 25.9. The Balaban J connectivity index is 1.41. The number of hydrogen-bond acceptors (Lipinski definition) is 8. The van der Waals surface area contributed by atoms with Crippen LogP contribution in [0.3, 0.4) is 0 Å². The molecule has 0 aliphatic carbocycles. The van der Waals surface area contributed by atoms with E-state index < -0.39 is 12.3 Å². The lowest BCUT2D eigenvalue weighted by Crippen LogP contribution is -2.41. The van der Waals surface area contributed by atoms with Crippen LogP contribution in [0, 0.1) is 5.92 Å². The first-order chi connectivity index (χ1) is 17.4. The second-order valence-corrected chi connectivity index (χ2v) is 8.06. The molecule has 192 valence electrons. The van der Waals surface area contributed by atoms with Crippen LogP contribution in [0.15, 0.2) is 48.5 Å². The molecule has 1 aliphatic rings. The highest BCUT2D eigenvalue weighted by Crippen LogP contribution is 2.20. The molecule has 1 aliphatic heterocycles. The fraction of sp³-hybridized carbons (Fsp3) is 0.385. The zero-order valence-corrected chi connectivity index (χ0v) is 20.4. The van der Waals surface area contributed by atoms with E-state index in [0.717, 1.165) is 12.8 Å². The molecule has 0 bridgehead atoms. The van der Waals surface area contributed by atoms with Gasteiger partial charge >= 0.3 is 12.3 Å². The fourth-order valence-electron chi connectivity index (χ4n) is 3.69. The van der Waals surface area contributed by atoms with Gasteiger partial charge in [-0.2, -0.15) is 0 Å². The van der Waals surface area contributed by atoms with Crippen molar-refractivity contribution in [1.29, 1.82) is 0 Å². The van der Waals surface area contributed by atoms with Crippen molar-refractivity contribution in [3.8, 4) is 11.5 Å². The molecule has 2 aromatic carbocycles. The molecule has 0 atom stereocenters. The van der Waals surface area contributed by atoms with Crippen LogP contribution in [0.25, 0.3) is 0 Å². The molecule has 10 nitrogen and oxygen atoms in total. The molecule has 10 heteroatoms. The highest BCUT2D eigenvalue weighted by molar-refractivity contribution is 5.95. The molecule has 0 aromatic heterocycles. The summed E-state index contributed by atoms with van der Waals surface area (Å²) in [5.41, 5.74) is 0.961. The monoisotopic (exact) mass is 498 g/mol. The first kappa shape index (κ1) is 26.5. The SMILES string of the molecule is CCOC(=O)Oc1ccc(C(=O)NCC2CCN(C(=O)c3ccc(OC(=O)OCC)cc3)CC2)cc1. The van der Waals surface area contributed by atoms with Gasteiger partial charge < -0.3 is 29.2 Å². The lowest BCUT2D eigenvalue weighted by molar-refractivity contribution is 0.0684. The third-order valence-corrected chi connectivity index (χ3v) is 5.60. The third-order valence-electron chi connectivity index (χ3n) is 5.60. The molecular formula is C26H30N2O8. The van der Waals surface area contributed by atoms with Crippen molar-refractivity contribution in [3.63, 3.8) is 0 Å². The van der Waals surface area contributed by atoms with Crippen LogP contribution < -0.4 is 14.8 Å². The molecule has 0 saturated carbocycles. The molecule has 36 heavy (non-hydrogen) atoms. The summed E-state index contributed by atoms with van der Waals surface area (Å²) in [5, 5.41) is 2.93. The number of carbonyl (C=O) groups excluding carboxylic acids is 4. The van der Waals surface area contributed by atoms with E-state index in [9.17, 15) is 19.2 Å². The van der Waals surface area contributed by atoms with E-state index in [1.807, 2.05) is 0 Å². The number of hydrogen-bond donors (Lipinski definition) is 1. The molecule has 0 radical (unpaired) electrons. The van der Waals surface area contributed by atoms with Crippen molar-refractivity contribution >= 4 is 24.1 Å². The van der Waals surface area contributed by atoms with Gasteiger partial charge in [0.05, 0.1) is 13.2 Å². The van der Waals surface area contributed by atoms with E-state index in [-0.39, 0.29) is 30.9 Å². The van der Waals surface area contributed by atoms with Crippen LogP contribution >= 0.6 is 0 Å². The Bertz CT molecular complexity index is 1040. The minimum atomic E-state index is -0.792. The van der Waals surface area contributed by atoms with E-state index in [4.69, 9.17) is 18.9 Å². The van der Waals surface area contributed by atoms with Crippen molar-refractivity contribution in [1.82, 2.24) is 10.2 Å². The van der Waals surface area contributed by atoms with Gasteiger partial charge in [-0.3, -0.25) is 9.59 Å². The summed E-state index contributed by atoms with van der Waals surface area (Å²) in [6.45, 7) is 5.47. The summed E-state index contributed by atoms with van der Waals surface area (Å²) in [6, 6.07) is 12.6. The summed E-state index contributed by atoms with van der Waals surface area (Å²) >= 11 is 0. The molecule has 1 fully saturated rings. The summed E-state index contributed by atoms with van der Waals surface area (Å²) in [4.78, 5) is 49.8. The standard InChI is InChI=1S/C26H30N2O8/c1-3-33-25(31)35-21-9-5-19(6-10-21)23(29)27-17-18-13-15-28(16-14-18)24(30)20-7-11-22(12-8-20)36-26(32)34-4-2/h5-12,18H,3-4,13-17H2,1-2H3,(H,27,29). The maximum Gasteiger partial charge on any atom is 0.513 e. The molecule has 2 amide bonds. The van der Waals surface area contributed by atoms with Crippen molar-refractivity contribution in [3.05, 3.63) is 59.7 Å². The van der Waals surface area contributed by atoms with Crippen molar-refractivity contribution in [2.75, 3.05) is 32.8 Å². The Hall–Kier alpha value is -4.08. The Kier molecular flexibility index (Phi) is 9.67. The van der Waals surface area contributed by atoms with Gasteiger partial charge in [-0.05, 0) is 81.1 Å². The maximum absolute atomic E-state index is 12.8. The minimum absolute atomic E-state index is 0.0923. The van der Waals surface area contributed by atoms with Gasteiger partial charge in [0.2, 0.25) is 0 Å². The van der Waals surface area contributed by atoms with Gasteiger partial charge in [0.15, 0.2) is 0 Å². The van der Waals surface area contributed by atoms with Crippen molar-refractivity contribution < 1.29 is 38.1 Å². The summed E-state index contributed by atoms with van der Waals surface area (Å²) in [5.74, 6) is 0.542. The smallest absolute Gasteiger partial charge is 0.434 e. The normalized spacial score (nSPS) is 13.4. The number of nitrogens with one attached hydrogen (secondary N) is 1. The summed E-state index contributed by atoms with van der Waals surface area (Å²) in [6.07, 6.45) is -0.0459. The lowest BCUT2D eigenvalue weighted by Gasteiger charge is -2.32. The first-order valence-electron chi connectivity index (χ1n) is 11.9. The van der Waals surface area contributed by atoms with E-state index in [1.165, 1.54) is 12.1 Å². The Morgan fingerprint density at radius 1 is 0.778 bits per heavy atom. The molecule has 1 saturated heterocycles. The summed E-state index contributed by atoms with van der Waals surface area (Å²) < 4.78 is 19.4. The van der Waals surface area contributed by atoms with Crippen LogP contribution in [0.4, 0.5) is 9.59 Å². The van der Waals surface area contributed by atoms with Crippen molar-refractivity contribution in [2.45, 2.75) is 26.7 Å². The molecule has 3 rings (SSSR count). The number of likely N-dealkylation sites (tertiary alicyclic amines) is 1. The molecule has 0 spiro atoms. The number of nitrogens with zero attached hydrogens (tertiary/aromatic N) is 1. The second kappa shape index (κ2) is 13.1. The quantitative estimate of drug-likeness (QED) is 0.428. The Morgan fingerprint density at radius 2 is 1.25 bits per heavy atom. The van der Waals surface area contributed by atoms with Gasteiger partial charge in [-0.1, -0.05) is 0 Å². The zero-order valence-electron chi connectivity index (χ0n) is 20.4. The number of rotatable bonds is 8. The van der Waals surface area contributed by atoms with Gasteiger partial charge in [0, 0.05) is 30.8 Å². The molecular weight excluding hydrogens is 468 g/mol. The predicted octanol–water partition coefficient (Wildman–Crippen LogP) is 4.04. The van der Waals surface area contributed by atoms with E-state index in [0.29, 0.717) is 42.3 Å². The van der Waals surface area contributed by atoms with Gasteiger partial charge in [0.1, 0.15) is 11.5 Å². The van der Waals surface area contributed by atoms with Crippen LogP contribution in [-0.2, 0) is 9.47 Å². The lowest BCUT2D eigenvalue weighted by atomic mass is 9.96. The Morgan fingerprint density at radius 3 is 1.72 bits per heavy atom. The maximum atomic E-state index is 12.8. The highest BCUT2D eigenvalue weighted by Gasteiger charge is 2.24. The Labute approximate surface area is 209 Å². The van der Waals surface area contributed by atoms with E-state index >= 15 is 0 Å². The third kappa shape index (κ3) is 7.72. The van der Waals surface area contributed by atoms with Gasteiger partial charge in [-0.15, -0.1) is 0 Å². The highest BCUT2D eigenvalue weighted by atomic mass is 16.7. The fourth-order valence-corrected chi connectivity index (χ4v) is 3.69. The van der Waals surface area contributed by atoms with E-state index in [2.05, 4.69) is 5.32 Å². The molecule has 0 unspecified atom stereocenters. The number of benzene rings is 2. The van der Waals surface area contributed by atoms with E-state index in [1.54, 1.807) is 55.1 Å². The first-order valence-corrected chi connectivity index (χ1v) is 11.9. The van der Waals surface area contributed by atoms with Crippen LogP contribution in [0.1, 0.15) is 47.4 Å². The number of ether oxygens (including phenoxy) is 4. The van der Waals surface area contributed by atoms with Crippen LogP contribution in [-0.4, -0.2) is 61.9 Å². The van der Waals surface area contributed by atoms with Crippen LogP contribution in [0.2, 0.25) is 0 Å². The number of amides is 2. The largest absolute Gasteiger partial charge is 0.513 e. The predicted molar refractivity (Wildman–Crippen MR) is 129 cm³/mol. The molecule has 1 heterocycles. The molecule has 1 N–H and O–H groups in total. The average Bonchev–Trinajstić information content (AvgIpc) is 2.88. The molecule has 2 aromatic rings. The summed E-state index contributed by atoms with van der Waals surface area (Å²) in [7, 11) is 0. The van der Waals surface area contributed by atoms with Crippen molar-refractivity contribution in [2.24, 2.45) is 5.92 Å². The minimum Gasteiger partial charge on any atom is -0.434 e. The topological polar surface area (TPSA) is 120 Å². The van der Waals surface area contributed by atoms with Gasteiger partial charge in [-0.25, -0.2) is 9.59 Å². The van der Waals surface area contributed by atoms with Gasteiger partial charge in [0.25, 0.3) is 11.8 Å². The average molecular weight is 499 g/mol. The number of piperidine rings is 1.